The van der Waals surface area contributed by atoms with E-state index in [4.69, 9.17) is 4.74 Å². The first kappa shape index (κ1) is 12.4. The van der Waals surface area contributed by atoms with Gasteiger partial charge in [0, 0.05) is 0 Å². The lowest BCUT2D eigenvalue weighted by molar-refractivity contribution is -0.387. The van der Waals surface area contributed by atoms with Crippen LogP contribution in [-0.2, 0) is 4.74 Å². The Morgan fingerprint density at radius 3 is 2.56 bits per heavy atom. The predicted molar refractivity (Wildman–Crippen MR) is 56.1 cm³/mol. The molecule has 0 amide bonds. The van der Waals surface area contributed by atoms with Crippen molar-refractivity contribution in [3.05, 3.63) is 39.4 Å². The van der Waals surface area contributed by atoms with Crippen LogP contribution in [0.15, 0.2) is 12.1 Å². The number of esters is 1. The van der Waals surface area contributed by atoms with Crippen molar-refractivity contribution in [3.8, 4) is 0 Å². The minimum atomic E-state index is -1.37. The van der Waals surface area contributed by atoms with Gasteiger partial charge in [0.15, 0.2) is 0 Å². The molecular weight excluding hydrogens is 248 g/mol. The molecule has 1 aliphatic rings. The molecule has 1 aliphatic carbocycles. The smallest absolute Gasteiger partial charge is 0.341 e. The van der Waals surface area contributed by atoms with E-state index >= 15 is 0 Å². The number of halogens is 2. The summed E-state index contributed by atoms with van der Waals surface area (Å²) in [6.07, 6.45) is 1.94. The lowest BCUT2D eigenvalue weighted by Crippen LogP contribution is -2.25. The molecule has 7 heteroatoms. The number of carbonyl (C=O) groups is 1. The molecule has 0 spiro atoms. The van der Waals surface area contributed by atoms with E-state index in [1.165, 1.54) is 0 Å². The molecule has 2 rings (SSSR count). The van der Waals surface area contributed by atoms with E-state index in [0.717, 1.165) is 6.42 Å². The maximum atomic E-state index is 13.6. The highest BCUT2D eigenvalue weighted by molar-refractivity contribution is 5.90. The molecule has 0 atom stereocenters. The second-order valence-corrected chi connectivity index (χ2v) is 4.00. The van der Waals surface area contributed by atoms with E-state index < -0.39 is 33.8 Å². The van der Waals surface area contributed by atoms with Gasteiger partial charge in [-0.2, -0.15) is 4.39 Å². The third-order valence-electron chi connectivity index (χ3n) is 2.76. The van der Waals surface area contributed by atoms with Gasteiger partial charge in [-0.05, 0) is 25.3 Å². The number of hydrogen-bond acceptors (Lipinski definition) is 4. The maximum Gasteiger partial charge on any atom is 0.341 e. The SMILES string of the molecule is O=C(OC1CCC1)c1cc(F)cc([N+](=O)[O-])c1F. The second kappa shape index (κ2) is 4.67. The van der Waals surface area contributed by atoms with Crippen LogP contribution in [0.3, 0.4) is 0 Å². The van der Waals surface area contributed by atoms with Crippen molar-refractivity contribution in [2.45, 2.75) is 25.4 Å². The molecule has 0 bridgehead atoms. The van der Waals surface area contributed by atoms with Crippen LogP contribution in [0.25, 0.3) is 0 Å². The molecule has 0 aromatic heterocycles. The first-order chi connectivity index (χ1) is 8.49. The zero-order valence-electron chi connectivity index (χ0n) is 9.19. The quantitative estimate of drug-likeness (QED) is 0.474. The van der Waals surface area contributed by atoms with Crippen molar-refractivity contribution in [2.75, 3.05) is 0 Å². The van der Waals surface area contributed by atoms with Crippen molar-refractivity contribution < 1.29 is 23.2 Å². The van der Waals surface area contributed by atoms with Gasteiger partial charge < -0.3 is 4.74 Å². The first-order valence-electron chi connectivity index (χ1n) is 5.33. The second-order valence-electron chi connectivity index (χ2n) is 4.00. The van der Waals surface area contributed by atoms with Crippen LogP contribution < -0.4 is 0 Å². The van der Waals surface area contributed by atoms with E-state index in [2.05, 4.69) is 0 Å². The molecule has 5 nitrogen and oxygen atoms in total. The lowest BCUT2D eigenvalue weighted by Gasteiger charge is -2.25. The summed E-state index contributed by atoms with van der Waals surface area (Å²) in [6.45, 7) is 0. The topological polar surface area (TPSA) is 69.4 Å². The Balaban J connectivity index is 2.31. The standard InChI is InChI=1S/C11H9F2NO4/c12-6-4-8(10(13)9(5-6)14(16)17)11(15)18-7-2-1-3-7/h4-5,7H,1-3H2. The molecule has 18 heavy (non-hydrogen) atoms. The molecule has 1 aromatic carbocycles. The largest absolute Gasteiger partial charge is 0.459 e. The van der Waals surface area contributed by atoms with Gasteiger partial charge in [0.25, 0.3) is 0 Å². The van der Waals surface area contributed by atoms with E-state index in [-0.39, 0.29) is 6.10 Å². The fraction of sp³-hybridized carbons (Fsp3) is 0.364. The Hall–Kier alpha value is -2.05. The highest BCUT2D eigenvalue weighted by atomic mass is 19.1. The summed E-state index contributed by atoms with van der Waals surface area (Å²) in [5.41, 5.74) is -1.82. The van der Waals surface area contributed by atoms with Gasteiger partial charge in [-0.1, -0.05) is 0 Å². The Labute approximate surface area is 101 Å². The lowest BCUT2D eigenvalue weighted by atomic mass is 9.96. The molecule has 1 aromatic rings. The van der Waals surface area contributed by atoms with Gasteiger partial charge >= 0.3 is 11.7 Å². The number of hydrogen-bond donors (Lipinski definition) is 0. The third kappa shape index (κ3) is 2.29. The zero-order valence-corrected chi connectivity index (χ0v) is 9.19. The van der Waals surface area contributed by atoms with Crippen LogP contribution in [0.4, 0.5) is 14.5 Å². The summed E-state index contributed by atoms with van der Waals surface area (Å²) in [5.74, 6) is -3.49. The van der Waals surface area contributed by atoms with Gasteiger partial charge in [-0.25, -0.2) is 9.18 Å². The van der Waals surface area contributed by atoms with Crippen LogP contribution in [0, 0.1) is 21.7 Å². The summed E-state index contributed by atoms with van der Waals surface area (Å²) in [6, 6.07) is 1.03. The van der Waals surface area contributed by atoms with Gasteiger partial charge in [-0.3, -0.25) is 10.1 Å². The number of benzene rings is 1. The number of nitro groups is 1. The Bertz CT molecular complexity index is 514. The number of rotatable bonds is 3. The average Bonchev–Trinajstić information content (AvgIpc) is 2.25. The third-order valence-corrected chi connectivity index (χ3v) is 2.76. The molecule has 0 aliphatic heterocycles. The minimum absolute atomic E-state index is 0.306. The van der Waals surface area contributed by atoms with Crippen molar-refractivity contribution >= 4 is 11.7 Å². The van der Waals surface area contributed by atoms with E-state index in [1.807, 2.05) is 0 Å². The van der Waals surface area contributed by atoms with Gasteiger partial charge in [-0.15, -0.1) is 0 Å². The van der Waals surface area contributed by atoms with Crippen LogP contribution in [0.5, 0.6) is 0 Å². The molecule has 1 saturated carbocycles. The maximum absolute atomic E-state index is 13.6. The van der Waals surface area contributed by atoms with E-state index in [0.29, 0.717) is 25.0 Å². The highest BCUT2D eigenvalue weighted by Gasteiger charge is 2.28. The van der Waals surface area contributed by atoms with E-state index in [1.54, 1.807) is 0 Å². The Morgan fingerprint density at radius 1 is 1.39 bits per heavy atom. The number of nitro benzene ring substituents is 1. The van der Waals surface area contributed by atoms with Gasteiger partial charge in [0.1, 0.15) is 17.5 Å². The van der Waals surface area contributed by atoms with Crippen LogP contribution in [-0.4, -0.2) is 17.0 Å². The highest BCUT2D eigenvalue weighted by Crippen LogP contribution is 2.26. The molecule has 96 valence electrons. The number of carbonyl (C=O) groups excluding carboxylic acids is 1. The monoisotopic (exact) mass is 257 g/mol. The van der Waals surface area contributed by atoms with Gasteiger partial charge in [0.2, 0.25) is 5.82 Å². The zero-order chi connectivity index (χ0) is 13.3. The summed E-state index contributed by atoms with van der Waals surface area (Å²) in [4.78, 5) is 20.9. The van der Waals surface area contributed by atoms with Crippen molar-refractivity contribution in [2.24, 2.45) is 0 Å². The molecule has 0 radical (unpaired) electrons. The molecular formula is C11H9F2NO4. The molecule has 0 unspecified atom stereocenters. The van der Waals surface area contributed by atoms with Crippen molar-refractivity contribution in [3.63, 3.8) is 0 Å². The fourth-order valence-electron chi connectivity index (χ4n) is 1.56. The van der Waals surface area contributed by atoms with Gasteiger partial charge in [0.05, 0.1) is 11.0 Å². The average molecular weight is 257 g/mol. The fourth-order valence-corrected chi connectivity index (χ4v) is 1.56. The first-order valence-corrected chi connectivity index (χ1v) is 5.33. The molecule has 0 heterocycles. The summed E-state index contributed by atoms with van der Waals surface area (Å²) in [7, 11) is 0. The Morgan fingerprint density at radius 2 is 2.06 bits per heavy atom. The molecule has 1 fully saturated rings. The predicted octanol–water partition coefficient (Wildman–Crippen LogP) is 2.58. The summed E-state index contributed by atoms with van der Waals surface area (Å²) >= 11 is 0. The van der Waals surface area contributed by atoms with E-state index in [9.17, 15) is 23.7 Å². The number of ether oxygens (including phenoxy) is 1. The minimum Gasteiger partial charge on any atom is -0.459 e. The van der Waals surface area contributed by atoms with Crippen molar-refractivity contribution in [1.29, 1.82) is 0 Å². The Kier molecular flexibility index (Phi) is 3.22. The van der Waals surface area contributed by atoms with Crippen molar-refractivity contribution in [1.82, 2.24) is 0 Å². The van der Waals surface area contributed by atoms with Crippen LogP contribution in [0.1, 0.15) is 29.6 Å². The number of nitrogens with zero attached hydrogens (tertiary/aromatic N) is 1. The normalized spacial score (nSPS) is 15.0. The molecule has 0 saturated heterocycles. The van der Waals surface area contributed by atoms with Crippen LogP contribution in [0.2, 0.25) is 0 Å². The molecule has 0 N–H and O–H groups in total. The summed E-state index contributed by atoms with van der Waals surface area (Å²) < 4.78 is 31.6. The summed E-state index contributed by atoms with van der Waals surface area (Å²) in [5, 5.41) is 10.5. The van der Waals surface area contributed by atoms with Crippen LogP contribution >= 0.6 is 0 Å².